The van der Waals surface area contributed by atoms with Crippen molar-refractivity contribution in [2.75, 3.05) is 25.5 Å². The van der Waals surface area contributed by atoms with Gasteiger partial charge >= 0.3 is 0 Å². The fourth-order valence-electron chi connectivity index (χ4n) is 4.43. The van der Waals surface area contributed by atoms with E-state index in [2.05, 4.69) is 9.88 Å². The van der Waals surface area contributed by atoms with Crippen molar-refractivity contribution in [3.63, 3.8) is 0 Å². The minimum Gasteiger partial charge on any atom is -0.374 e. The number of hydrogen-bond acceptors (Lipinski definition) is 6. The first kappa shape index (κ1) is 21.1. The highest BCUT2D eigenvalue weighted by atomic mass is 16.5. The van der Waals surface area contributed by atoms with E-state index in [1.165, 1.54) is 4.90 Å². The average Bonchev–Trinajstić information content (AvgIpc) is 3.33. The Kier molecular flexibility index (Phi) is 5.51. The second-order valence-corrected chi connectivity index (χ2v) is 7.90. The molecule has 5 rings (SSSR count). The Morgan fingerprint density at radius 3 is 2.33 bits per heavy atom. The Morgan fingerprint density at radius 1 is 0.939 bits per heavy atom. The van der Waals surface area contributed by atoms with Crippen molar-refractivity contribution in [1.82, 2.24) is 19.4 Å². The van der Waals surface area contributed by atoms with E-state index in [1.54, 1.807) is 24.3 Å². The molecule has 0 saturated carbocycles. The number of ether oxygens (including phenoxy) is 1. The van der Waals surface area contributed by atoms with Gasteiger partial charge in [0.05, 0.1) is 22.2 Å². The lowest BCUT2D eigenvalue weighted by molar-refractivity contribution is 0.0650. The molecule has 2 aromatic carbocycles. The molecule has 0 spiro atoms. The van der Waals surface area contributed by atoms with Crippen molar-refractivity contribution in [3.05, 3.63) is 65.5 Å². The first-order valence-corrected chi connectivity index (χ1v) is 11.1. The van der Waals surface area contributed by atoms with Gasteiger partial charge in [0, 0.05) is 32.1 Å². The number of hydrogen-bond donors (Lipinski definition) is 1. The molecule has 8 heteroatoms. The number of benzene rings is 2. The summed E-state index contributed by atoms with van der Waals surface area (Å²) in [6, 6.07) is 14.9. The maximum atomic E-state index is 12.7. The number of pyridine rings is 1. The highest BCUT2D eigenvalue weighted by Gasteiger charge is 2.34. The van der Waals surface area contributed by atoms with Gasteiger partial charge in [0.15, 0.2) is 5.82 Å². The van der Waals surface area contributed by atoms with Crippen LogP contribution in [0.3, 0.4) is 0 Å². The second kappa shape index (κ2) is 8.63. The number of aryl methyl sites for hydroxylation is 1. The highest BCUT2D eigenvalue weighted by molar-refractivity contribution is 6.21. The Hall–Kier alpha value is -3.78. The van der Waals surface area contributed by atoms with Crippen LogP contribution >= 0.6 is 0 Å². The van der Waals surface area contributed by atoms with Gasteiger partial charge in [-0.1, -0.05) is 30.3 Å². The molecule has 0 fully saturated rings. The fraction of sp³-hybridized carbons (Fsp3) is 0.280. The zero-order valence-electron chi connectivity index (χ0n) is 18.7. The summed E-state index contributed by atoms with van der Waals surface area (Å²) in [5, 5.41) is 4.16. The van der Waals surface area contributed by atoms with Crippen LogP contribution in [0.1, 0.15) is 39.9 Å². The third-order valence-corrected chi connectivity index (χ3v) is 5.98. The smallest absolute Gasteiger partial charge is 0.261 e. The van der Waals surface area contributed by atoms with Crippen molar-refractivity contribution in [1.29, 1.82) is 0 Å². The minimum absolute atomic E-state index is 0.229. The summed E-state index contributed by atoms with van der Waals surface area (Å²) >= 11 is 0. The molecule has 1 aliphatic heterocycles. The lowest BCUT2D eigenvalue weighted by Gasteiger charge is -2.16. The van der Waals surface area contributed by atoms with E-state index in [9.17, 15) is 9.59 Å². The molecule has 0 bridgehead atoms. The summed E-state index contributed by atoms with van der Waals surface area (Å²) in [6.07, 6.45) is 0.599. The van der Waals surface area contributed by atoms with E-state index < -0.39 is 0 Å². The van der Waals surface area contributed by atoms with Crippen LogP contribution in [0, 0.1) is 0 Å². The molecular formula is C25H25N5O3. The number of imidazole rings is 1. The van der Waals surface area contributed by atoms with Crippen molar-refractivity contribution < 1.29 is 14.3 Å². The molecule has 33 heavy (non-hydrogen) atoms. The van der Waals surface area contributed by atoms with Crippen LogP contribution in [0.4, 0.5) is 5.82 Å². The lowest BCUT2D eigenvalue weighted by atomic mass is 10.1. The minimum atomic E-state index is -0.229. The summed E-state index contributed by atoms with van der Waals surface area (Å²) < 4.78 is 7.82. The molecule has 0 atom stereocenters. The van der Waals surface area contributed by atoms with Gasteiger partial charge in [-0.05, 0) is 31.5 Å². The first-order valence-electron chi connectivity index (χ1n) is 11.1. The quantitative estimate of drug-likeness (QED) is 0.416. The zero-order valence-corrected chi connectivity index (χ0v) is 18.7. The molecule has 1 aliphatic rings. The number of nitrogens with zero attached hydrogens (tertiary/aromatic N) is 4. The third kappa shape index (κ3) is 3.52. The number of para-hydroxylation sites is 1. The third-order valence-electron chi connectivity index (χ3n) is 5.98. The molecule has 2 amide bonds. The number of aromatic nitrogens is 3. The van der Waals surface area contributed by atoms with Gasteiger partial charge < -0.3 is 14.6 Å². The van der Waals surface area contributed by atoms with E-state index in [-0.39, 0.29) is 11.8 Å². The van der Waals surface area contributed by atoms with Gasteiger partial charge in [-0.2, -0.15) is 0 Å². The van der Waals surface area contributed by atoms with Crippen molar-refractivity contribution in [2.24, 2.45) is 0 Å². The summed E-state index contributed by atoms with van der Waals surface area (Å²) in [5.74, 6) is 1.05. The van der Waals surface area contributed by atoms with E-state index in [4.69, 9.17) is 14.7 Å². The van der Waals surface area contributed by atoms with Gasteiger partial charge in [-0.25, -0.2) is 9.97 Å². The van der Waals surface area contributed by atoms with E-state index in [0.717, 1.165) is 27.8 Å². The van der Waals surface area contributed by atoms with E-state index in [0.29, 0.717) is 49.7 Å². The average molecular weight is 444 g/mol. The Bertz CT molecular complexity index is 1340. The number of amides is 2. The predicted molar refractivity (Wildman–Crippen MR) is 126 cm³/mol. The monoisotopic (exact) mass is 443 g/mol. The van der Waals surface area contributed by atoms with Gasteiger partial charge in [-0.15, -0.1) is 0 Å². The Morgan fingerprint density at radius 2 is 1.64 bits per heavy atom. The van der Waals surface area contributed by atoms with Crippen molar-refractivity contribution in [3.8, 4) is 0 Å². The van der Waals surface area contributed by atoms with Crippen LogP contribution in [0.25, 0.3) is 21.9 Å². The number of carbonyl (C=O) groups excluding carboxylic acids is 2. The van der Waals surface area contributed by atoms with E-state index >= 15 is 0 Å². The largest absolute Gasteiger partial charge is 0.374 e. The van der Waals surface area contributed by atoms with Crippen LogP contribution in [-0.2, 0) is 17.9 Å². The molecule has 2 aromatic heterocycles. The molecule has 0 saturated heterocycles. The molecule has 0 aliphatic carbocycles. The van der Waals surface area contributed by atoms with Gasteiger partial charge in [0.2, 0.25) is 0 Å². The standard InChI is InChI=1S/C25H25N5O3/c1-3-33-15-20-28-21-22(18-11-6-7-12-19(18)27-23(21)26-2)29(20)13-8-14-30-24(31)16-9-4-5-10-17(16)25(30)32/h4-7,9-12H,3,8,13-15H2,1-2H3,(H,26,27). The molecular weight excluding hydrogens is 418 g/mol. The summed E-state index contributed by atoms with van der Waals surface area (Å²) in [4.78, 5) is 36.4. The molecule has 3 heterocycles. The van der Waals surface area contributed by atoms with Crippen LogP contribution in [0.2, 0.25) is 0 Å². The number of carbonyl (C=O) groups is 2. The lowest BCUT2D eigenvalue weighted by Crippen LogP contribution is -2.31. The molecule has 1 N–H and O–H groups in total. The van der Waals surface area contributed by atoms with Crippen LogP contribution < -0.4 is 5.32 Å². The molecule has 8 nitrogen and oxygen atoms in total. The Balaban J connectivity index is 1.49. The molecule has 0 unspecified atom stereocenters. The summed E-state index contributed by atoms with van der Waals surface area (Å²) in [5.41, 5.74) is 3.58. The first-order chi connectivity index (χ1) is 16.1. The molecule has 4 aromatic rings. The normalized spacial score (nSPS) is 13.3. The number of nitrogens with one attached hydrogen (secondary N) is 1. The maximum Gasteiger partial charge on any atom is 0.261 e. The highest BCUT2D eigenvalue weighted by Crippen LogP contribution is 2.31. The topological polar surface area (TPSA) is 89.3 Å². The van der Waals surface area contributed by atoms with Gasteiger partial charge in [-0.3, -0.25) is 14.5 Å². The van der Waals surface area contributed by atoms with Crippen LogP contribution in [0.15, 0.2) is 48.5 Å². The maximum absolute atomic E-state index is 12.7. The van der Waals surface area contributed by atoms with Crippen molar-refractivity contribution >= 4 is 39.6 Å². The number of imide groups is 1. The van der Waals surface area contributed by atoms with E-state index in [1.807, 2.05) is 38.2 Å². The number of fused-ring (bicyclic) bond motifs is 4. The fourth-order valence-corrected chi connectivity index (χ4v) is 4.43. The number of anilines is 1. The van der Waals surface area contributed by atoms with Crippen LogP contribution in [-0.4, -0.2) is 51.4 Å². The van der Waals surface area contributed by atoms with Crippen molar-refractivity contribution in [2.45, 2.75) is 26.5 Å². The predicted octanol–water partition coefficient (Wildman–Crippen LogP) is 3.85. The zero-order chi connectivity index (χ0) is 22.9. The molecule has 168 valence electrons. The van der Waals surface area contributed by atoms with Gasteiger partial charge in [0.1, 0.15) is 17.9 Å². The Labute approximate surface area is 191 Å². The van der Waals surface area contributed by atoms with Gasteiger partial charge in [0.25, 0.3) is 11.8 Å². The molecule has 0 radical (unpaired) electrons. The second-order valence-electron chi connectivity index (χ2n) is 7.90. The summed E-state index contributed by atoms with van der Waals surface area (Å²) in [6.45, 7) is 3.82. The van der Waals surface area contributed by atoms with Crippen LogP contribution in [0.5, 0.6) is 0 Å². The number of rotatable bonds is 8. The summed E-state index contributed by atoms with van der Waals surface area (Å²) in [7, 11) is 1.83. The SMILES string of the molecule is CCOCc1nc2c(NC)nc3ccccc3c2n1CCCN1C(=O)c2ccccc2C1=O.